The Balaban J connectivity index is 2.40. The average Bonchev–Trinajstić information content (AvgIpc) is 2.23. The molecule has 1 heterocycles. The van der Waals surface area contributed by atoms with Crippen LogP contribution in [0.2, 0.25) is 0 Å². The lowest BCUT2D eigenvalue weighted by atomic mass is 9.95. The number of urea groups is 1. The molecule has 1 aliphatic heterocycles. The van der Waals surface area contributed by atoms with E-state index in [2.05, 4.69) is 5.32 Å². The molecule has 1 fully saturated rings. The molecule has 6 heteroatoms. The number of hydrogen-bond donors (Lipinski definition) is 2. The van der Waals surface area contributed by atoms with Crippen molar-refractivity contribution in [1.82, 2.24) is 15.1 Å². The maximum absolute atomic E-state index is 11.8. The number of carbonyl (C=O) groups is 2. The molecule has 0 saturated carbocycles. The van der Waals surface area contributed by atoms with Gasteiger partial charge in [-0.15, -0.1) is 0 Å². The van der Waals surface area contributed by atoms with Crippen molar-refractivity contribution in [3.8, 4) is 0 Å². The number of nitrogens with zero attached hydrogens (tertiary/aromatic N) is 2. The van der Waals surface area contributed by atoms with Gasteiger partial charge in [0.15, 0.2) is 0 Å². The summed E-state index contributed by atoms with van der Waals surface area (Å²) in [6.07, 6.45) is 1.50. The molecule has 0 aromatic rings. The van der Waals surface area contributed by atoms with Crippen LogP contribution in [-0.4, -0.2) is 66.2 Å². The highest BCUT2D eigenvalue weighted by atomic mass is 16.3. The molecule has 1 rings (SSSR count). The number of piperidine rings is 1. The first-order chi connectivity index (χ1) is 7.82. The molecule has 1 aliphatic rings. The Bertz CT molecular complexity index is 302. The highest BCUT2D eigenvalue weighted by Gasteiger charge is 2.30. The quantitative estimate of drug-likeness (QED) is 0.695. The van der Waals surface area contributed by atoms with Crippen molar-refractivity contribution in [2.24, 2.45) is 0 Å². The van der Waals surface area contributed by atoms with Crippen molar-refractivity contribution in [2.45, 2.75) is 25.4 Å². The number of rotatable bonds is 2. The maximum atomic E-state index is 11.8. The summed E-state index contributed by atoms with van der Waals surface area (Å²) >= 11 is 0. The van der Waals surface area contributed by atoms with Gasteiger partial charge in [0.2, 0.25) is 5.91 Å². The molecule has 0 aromatic heterocycles. The molecule has 1 atom stereocenters. The Hall–Kier alpha value is -1.30. The highest BCUT2D eigenvalue weighted by Crippen LogP contribution is 2.19. The summed E-state index contributed by atoms with van der Waals surface area (Å²) in [7, 11) is 3.23. The Morgan fingerprint density at radius 1 is 1.47 bits per heavy atom. The van der Waals surface area contributed by atoms with Gasteiger partial charge in [-0.2, -0.15) is 0 Å². The van der Waals surface area contributed by atoms with Crippen LogP contribution in [0.3, 0.4) is 0 Å². The van der Waals surface area contributed by atoms with Crippen LogP contribution in [0.4, 0.5) is 4.79 Å². The third kappa shape index (κ3) is 4.22. The molecule has 1 unspecified atom stereocenters. The predicted octanol–water partition coefficient (Wildman–Crippen LogP) is -0.369. The van der Waals surface area contributed by atoms with Crippen LogP contribution in [-0.2, 0) is 4.79 Å². The van der Waals surface area contributed by atoms with Crippen LogP contribution >= 0.6 is 0 Å². The van der Waals surface area contributed by atoms with Crippen molar-refractivity contribution >= 4 is 11.9 Å². The molecule has 2 N–H and O–H groups in total. The normalized spacial score (nSPS) is 24.4. The smallest absolute Gasteiger partial charge is 0.317 e. The maximum Gasteiger partial charge on any atom is 0.317 e. The molecule has 98 valence electrons. The van der Waals surface area contributed by atoms with Crippen LogP contribution < -0.4 is 5.32 Å². The molecule has 0 aromatic carbocycles. The van der Waals surface area contributed by atoms with E-state index in [1.54, 1.807) is 25.9 Å². The van der Waals surface area contributed by atoms with Crippen LogP contribution in [0.1, 0.15) is 19.8 Å². The van der Waals surface area contributed by atoms with Gasteiger partial charge < -0.3 is 20.2 Å². The van der Waals surface area contributed by atoms with E-state index in [4.69, 9.17) is 0 Å². The fourth-order valence-corrected chi connectivity index (χ4v) is 1.85. The standard InChI is InChI=1S/C11H21N3O3/c1-11(17)5-4-6-14(8-11)9(15)7-12-10(16)13(2)3/h17H,4-8H2,1-3H3,(H,12,16). The van der Waals surface area contributed by atoms with E-state index in [9.17, 15) is 14.7 Å². The average molecular weight is 243 g/mol. The Kier molecular flexibility index (Phi) is 4.34. The van der Waals surface area contributed by atoms with Crippen molar-refractivity contribution in [2.75, 3.05) is 33.7 Å². The summed E-state index contributed by atoms with van der Waals surface area (Å²) < 4.78 is 0. The molecule has 0 spiro atoms. The van der Waals surface area contributed by atoms with Crippen LogP contribution in [0.5, 0.6) is 0 Å². The molecule has 3 amide bonds. The van der Waals surface area contributed by atoms with E-state index < -0.39 is 5.60 Å². The minimum atomic E-state index is -0.806. The number of aliphatic hydroxyl groups is 1. The van der Waals surface area contributed by atoms with Gasteiger partial charge in [-0.1, -0.05) is 0 Å². The third-order valence-corrected chi connectivity index (χ3v) is 2.82. The number of hydrogen-bond acceptors (Lipinski definition) is 3. The largest absolute Gasteiger partial charge is 0.388 e. The molecule has 6 nitrogen and oxygen atoms in total. The van der Waals surface area contributed by atoms with E-state index in [1.807, 2.05) is 0 Å². The van der Waals surface area contributed by atoms with Gasteiger partial charge in [0.1, 0.15) is 0 Å². The predicted molar refractivity (Wildman–Crippen MR) is 63.5 cm³/mol. The zero-order valence-electron chi connectivity index (χ0n) is 10.7. The van der Waals surface area contributed by atoms with Gasteiger partial charge >= 0.3 is 6.03 Å². The van der Waals surface area contributed by atoms with Crippen LogP contribution in [0.25, 0.3) is 0 Å². The lowest BCUT2D eigenvalue weighted by Crippen LogP contribution is -2.51. The van der Waals surface area contributed by atoms with E-state index in [0.29, 0.717) is 19.5 Å². The van der Waals surface area contributed by atoms with E-state index in [-0.39, 0.29) is 18.5 Å². The van der Waals surface area contributed by atoms with E-state index in [1.165, 1.54) is 4.90 Å². The molecule has 0 aliphatic carbocycles. The van der Waals surface area contributed by atoms with Gasteiger partial charge in [-0.3, -0.25) is 4.79 Å². The number of nitrogens with one attached hydrogen (secondary N) is 1. The first-order valence-electron chi connectivity index (χ1n) is 5.77. The molecular weight excluding hydrogens is 222 g/mol. The van der Waals surface area contributed by atoms with Crippen molar-refractivity contribution in [1.29, 1.82) is 0 Å². The van der Waals surface area contributed by atoms with Gasteiger partial charge in [0.25, 0.3) is 0 Å². The Morgan fingerprint density at radius 2 is 2.12 bits per heavy atom. The second-order valence-electron chi connectivity index (χ2n) is 4.97. The Labute approximate surface area is 102 Å². The second kappa shape index (κ2) is 5.35. The third-order valence-electron chi connectivity index (χ3n) is 2.82. The summed E-state index contributed by atoms with van der Waals surface area (Å²) in [6.45, 7) is 2.69. The van der Waals surface area contributed by atoms with Gasteiger partial charge in [-0.25, -0.2) is 4.79 Å². The lowest BCUT2D eigenvalue weighted by Gasteiger charge is -2.36. The minimum absolute atomic E-state index is 0.0207. The van der Waals surface area contributed by atoms with Gasteiger partial charge in [0, 0.05) is 27.2 Å². The highest BCUT2D eigenvalue weighted by molar-refractivity contribution is 5.83. The van der Waals surface area contributed by atoms with Crippen LogP contribution in [0, 0.1) is 0 Å². The number of likely N-dealkylation sites (tertiary alicyclic amines) is 1. The first-order valence-corrected chi connectivity index (χ1v) is 5.77. The topological polar surface area (TPSA) is 72.9 Å². The van der Waals surface area contributed by atoms with Gasteiger partial charge in [-0.05, 0) is 19.8 Å². The molecular formula is C11H21N3O3. The summed E-state index contributed by atoms with van der Waals surface area (Å²) in [4.78, 5) is 26.0. The Morgan fingerprint density at radius 3 is 2.65 bits per heavy atom. The zero-order valence-corrected chi connectivity index (χ0v) is 10.7. The van der Waals surface area contributed by atoms with Crippen LogP contribution in [0.15, 0.2) is 0 Å². The van der Waals surface area contributed by atoms with Crippen molar-refractivity contribution < 1.29 is 14.7 Å². The van der Waals surface area contributed by atoms with Gasteiger partial charge in [0.05, 0.1) is 12.1 Å². The number of amides is 3. The lowest BCUT2D eigenvalue weighted by molar-refractivity contribution is -0.136. The molecule has 1 saturated heterocycles. The first kappa shape index (κ1) is 13.8. The fourth-order valence-electron chi connectivity index (χ4n) is 1.85. The molecule has 0 radical (unpaired) electrons. The minimum Gasteiger partial charge on any atom is -0.388 e. The molecule has 17 heavy (non-hydrogen) atoms. The fraction of sp³-hybridized carbons (Fsp3) is 0.818. The zero-order chi connectivity index (χ0) is 13.1. The van der Waals surface area contributed by atoms with Crippen molar-refractivity contribution in [3.05, 3.63) is 0 Å². The SMILES string of the molecule is CN(C)C(=O)NCC(=O)N1CCCC(C)(O)C1. The summed E-state index contributed by atoms with van der Waals surface area (Å²) in [5.74, 6) is -0.153. The second-order valence-corrected chi connectivity index (χ2v) is 4.97. The van der Waals surface area contributed by atoms with E-state index >= 15 is 0 Å². The molecule has 0 bridgehead atoms. The van der Waals surface area contributed by atoms with E-state index in [0.717, 1.165) is 6.42 Å². The monoisotopic (exact) mass is 243 g/mol. The summed E-state index contributed by atoms with van der Waals surface area (Å²) in [6, 6.07) is -0.290. The number of carbonyl (C=O) groups excluding carboxylic acids is 2. The summed E-state index contributed by atoms with van der Waals surface area (Å²) in [5, 5.41) is 12.4. The summed E-state index contributed by atoms with van der Waals surface area (Å²) in [5.41, 5.74) is -0.806. The number of β-amino-alcohol motifs (C(OH)–C–C–N with tert-alkyl or cyclic N) is 1. The van der Waals surface area contributed by atoms with Crippen molar-refractivity contribution in [3.63, 3.8) is 0 Å².